The van der Waals surface area contributed by atoms with Crippen molar-refractivity contribution in [3.8, 4) is 12.1 Å². The van der Waals surface area contributed by atoms with Crippen LogP contribution in [0.4, 0.5) is 0 Å². The van der Waals surface area contributed by atoms with Gasteiger partial charge >= 0.3 is 0 Å². The zero-order chi connectivity index (χ0) is 11.6. The van der Waals surface area contributed by atoms with E-state index in [0.717, 1.165) is 32.2 Å². The molecule has 0 aliphatic carbocycles. The van der Waals surface area contributed by atoms with E-state index in [4.69, 9.17) is 10.5 Å². The molecule has 0 atom stereocenters. The molecule has 1 aromatic rings. The molecule has 0 aliphatic rings. The van der Waals surface area contributed by atoms with E-state index in [9.17, 15) is 0 Å². The Bertz CT molecular complexity index is 380. The molecule has 0 aromatic carbocycles. The third-order valence-corrected chi connectivity index (χ3v) is 2.45. The van der Waals surface area contributed by atoms with Gasteiger partial charge in [-0.1, -0.05) is 6.42 Å². The summed E-state index contributed by atoms with van der Waals surface area (Å²) < 4.78 is 3.97. The van der Waals surface area contributed by atoms with Gasteiger partial charge < -0.3 is 0 Å². The van der Waals surface area contributed by atoms with E-state index in [1.54, 1.807) is 0 Å². The van der Waals surface area contributed by atoms with Crippen LogP contribution in [0.3, 0.4) is 0 Å². The molecule has 0 fully saturated rings. The maximum Gasteiger partial charge on any atom is 0.244 e. The van der Waals surface area contributed by atoms with E-state index in [2.05, 4.69) is 16.7 Å². The Hall–Kier alpha value is -1.81. The minimum absolute atomic E-state index is 0.412. The number of imidazole rings is 1. The lowest BCUT2D eigenvalue weighted by molar-refractivity contribution is -0.696. The van der Waals surface area contributed by atoms with Crippen molar-refractivity contribution in [1.82, 2.24) is 4.57 Å². The van der Waals surface area contributed by atoms with Gasteiger partial charge in [0.25, 0.3) is 0 Å². The summed E-state index contributed by atoms with van der Waals surface area (Å²) in [5, 5.41) is 16.9. The van der Waals surface area contributed by atoms with Crippen LogP contribution in [0.5, 0.6) is 0 Å². The minimum Gasteiger partial charge on any atom is -0.237 e. The molecule has 0 spiro atoms. The van der Waals surface area contributed by atoms with Crippen LogP contribution in [-0.2, 0) is 13.1 Å². The lowest BCUT2D eigenvalue weighted by atomic mass is 10.1. The Balaban J connectivity index is 2.13. The molecule has 0 aliphatic heterocycles. The van der Waals surface area contributed by atoms with Gasteiger partial charge in [0.05, 0.1) is 12.6 Å². The summed E-state index contributed by atoms with van der Waals surface area (Å²) in [6, 6.07) is 4.26. The van der Waals surface area contributed by atoms with Gasteiger partial charge in [-0.2, -0.15) is 10.5 Å². The SMILES string of the molecule is N#CCCCCCC[n+]1ccn(CC#N)c1. The first-order valence-electron chi connectivity index (χ1n) is 5.65. The number of nitrogens with zero attached hydrogens (tertiary/aromatic N) is 4. The molecular formula is C12H17N4+. The number of aromatic nitrogens is 2. The highest BCUT2D eigenvalue weighted by molar-refractivity contribution is 4.76. The van der Waals surface area contributed by atoms with Crippen molar-refractivity contribution in [3.63, 3.8) is 0 Å². The lowest BCUT2D eigenvalue weighted by Crippen LogP contribution is -2.30. The van der Waals surface area contributed by atoms with Crippen LogP contribution in [0.1, 0.15) is 32.1 Å². The average Bonchev–Trinajstić information content (AvgIpc) is 2.72. The van der Waals surface area contributed by atoms with E-state index >= 15 is 0 Å². The maximum absolute atomic E-state index is 8.52. The molecule has 0 bridgehead atoms. The van der Waals surface area contributed by atoms with Crippen LogP contribution in [0.25, 0.3) is 0 Å². The summed E-state index contributed by atoms with van der Waals surface area (Å²) in [6.45, 7) is 1.40. The number of nitriles is 2. The van der Waals surface area contributed by atoms with Gasteiger partial charge in [-0.05, 0) is 19.3 Å². The first-order chi connectivity index (χ1) is 7.86. The summed E-state index contributed by atoms with van der Waals surface area (Å²) in [5.41, 5.74) is 0. The second kappa shape index (κ2) is 7.48. The van der Waals surface area contributed by atoms with Gasteiger partial charge in [-0.15, -0.1) is 0 Å². The fourth-order valence-electron chi connectivity index (χ4n) is 1.60. The molecule has 0 radical (unpaired) electrons. The summed E-state index contributed by atoms with van der Waals surface area (Å²) in [4.78, 5) is 0. The van der Waals surface area contributed by atoms with Crippen LogP contribution in [0.2, 0.25) is 0 Å². The Morgan fingerprint density at radius 3 is 2.62 bits per heavy atom. The third-order valence-electron chi connectivity index (χ3n) is 2.45. The highest BCUT2D eigenvalue weighted by Gasteiger charge is 2.01. The van der Waals surface area contributed by atoms with E-state index in [1.165, 1.54) is 0 Å². The van der Waals surface area contributed by atoms with Crippen LogP contribution in [-0.4, -0.2) is 4.57 Å². The third kappa shape index (κ3) is 4.61. The van der Waals surface area contributed by atoms with Crippen molar-refractivity contribution in [3.05, 3.63) is 18.7 Å². The maximum atomic E-state index is 8.52. The van der Waals surface area contributed by atoms with Crippen LogP contribution >= 0.6 is 0 Å². The predicted molar refractivity (Wildman–Crippen MR) is 58.9 cm³/mol. The van der Waals surface area contributed by atoms with E-state index in [-0.39, 0.29) is 0 Å². The van der Waals surface area contributed by atoms with Gasteiger partial charge in [0.15, 0.2) is 6.54 Å². The predicted octanol–water partition coefficient (Wildman–Crippen LogP) is 1.77. The Morgan fingerprint density at radius 2 is 1.88 bits per heavy atom. The Kier molecular flexibility index (Phi) is 5.73. The van der Waals surface area contributed by atoms with Crippen molar-refractivity contribution >= 4 is 0 Å². The molecule has 0 N–H and O–H groups in total. The average molecular weight is 217 g/mol. The summed E-state index contributed by atoms with van der Waals surface area (Å²) in [7, 11) is 0. The van der Waals surface area contributed by atoms with Gasteiger partial charge in [-0.25, -0.2) is 9.13 Å². The smallest absolute Gasteiger partial charge is 0.237 e. The standard InChI is InChI=1S/C12H17N4/c13-6-4-2-1-3-5-8-15-10-11-16(12-15)9-7-14/h10-12H,1-5,8-9H2/q+1. The second-order valence-corrected chi connectivity index (χ2v) is 3.80. The molecule has 4 nitrogen and oxygen atoms in total. The Labute approximate surface area is 96.3 Å². The van der Waals surface area contributed by atoms with Crippen molar-refractivity contribution in [2.75, 3.05) is 0 Å². The number of hydrogen-bond donors (Lipinski definition) is 0. The first-order valence-corrected chi connectivity index (χ1v) is 5.65. The quantitative estimate of drug-likeness (QED) is 0.516. The van der Waals surface area contributed by atoms with Crippen LogP contribution < -0.4 is 4.57 Å². The first kappa shape index (κ1) is 12.3. The van der Waals surface area contributed by atoms with Crippen molar-refractivity contribution in [2.24, 2.45) is 0 Å². The molecule has 0 unspecified atom stereocenters. The topological polar surface area (TPSA) is 56.4 Å². The number of aryl methyl sites for hydroxylation is 1. The fraction of sp³-hybridized carbons (Fsp3) is 0.583. The fourth-order valence-corrected chi connectivity index (χ4v) is 1.60. The number of hydrogen-bond acceptors (Lipinski definition) is 2. The highest BCUT2D eigenvalue weighted by Crippen LogP contribution is 2.01. The Morgan fingerprint density at radius 1 is 1.06 bits per heavy atom. The molecule has 1 rings (SSSR count). The summed E-state index contributed by atoms with van der Waals surface area (Å²) in [6.07, 6.45) is 11.0. The van der Waals surface area contributed by atoms with E-state index in [0.29, 0.717) is 13.0 Å². The second-order valence-electron chi connectivity index (χ2n) is 3.80. The van der Waals surface area contributed by atoms with Crippen LogP contribution in [0, 0.1) is 22.7 Å². The van der Waals surface area contributed by atoms with Gasteiger partial charge in [0, 0.05) is 6.42 Å². The highest BCUT2D eigenvalue weighted by atomic mass is 15.1. The largest absolute Gasteiger partial charge is 0.244 e. The number of rotatable bonds is 7. The zero-order valence-electron chi connectivity index (χ0n) is 9.47. The van der Waals surface area contributed by atoms with Crippen molar-refractivity contribution in [1.29, 1.82) is 10.5 Å². The van der Waals surface area contributed by atoms with Crippen molar-refractivity contribution < 1.29 is 4.57 Å². The monoisotopic (exact) mass is 217 g/mol. The molecule has 4 heteroatoms. The molecular weight excluding hydrogens is 200 g/mol. The zero-order valence-corrected chi connectivity index (χ0v) is 9.47. The normalized spacial score (nSPS) is 9.62. The molecule has 84 valence electrons. The van der Waals surface area contributed by atoms with E-state index < -0.39 is 0 Å². The van der Waals surface area contributed by atoms with Crippen molar-refractivity contribution in [2.45, 2.75) is 45.2 Å². The van der Waals surface area contributed by atoms with Gasteiger partial charge in [0.2, 0.25) is 6.33 Å². The molecule has 0 saturated carbocycles. The molecule has 1 heterocycles. The minimum atomic E-state index is 0.412. The molecule has 0 saturated heterocycles. The lowest BCUT2D eigenvalue weighted by Gasteiger charge is -1.96. The summed E-state index contributed by atoms with van der Waals surface area (Å²) >= 11 is 0. The molecule has 16 heavy (non-hydrogen) atoms. The van der Waals surface area contributed by atoms with Crippen LogP contribution in [0.15, 0.2) is 18.7 Å². The molecule has 0 amide bonds. The van der Waals surface area contributed by atoms with E-state index in [1.807, 2.05) is 23.3 Å². The number of unbranched alkanes of at least 4 members (excludes halogenated alkanes) is 4. The molecule has 1 aromatic heterocycles. The van der Waals surface area contributed by atoms with Gasteiger partial charge in [-0.3, -0.25) is 0 Å². The summed E-state index contributed by atoms with van der Waals surface area (Å²) in [5.74, 6) is 0. The van der Waals surface area contributed by atoms with Gasteiger partial charge in [0.1, 0.15) is 18.5 Å².